The van der Waals surface area contributed by atoms with Gasteiger partial charge in [0.25, 0.3) is 0 Å². The number of hydrogen-bond acceptors (Lipinski definition) is 5. The molecular weight excluding hydrogens is 276 g/mol. The molecule has 1 atom stereocenters. The smallest absolute Gasteiger partial charge is 0.232 e. The molecule has 0 bridgehead atoms. The fourth-order valence-electron chi connectivity index (χ4n) is 2.46. The van der Waals surface area contributed by atoms with Crippen LogP contribution in [0.25, 0.3) is 0 Å². The molecule has 1 saturated heterocycles. The average molecular weight is 303 g/mol. The molecule has 1 unspecified atom stereocenters. The first-order valence-corrected chi connectivity index (χ1v) is 7.17. The fraction of sp³-hybridized carbons (Fsp3) is 0.857. The van der Waals surface area contributed by atoms with Crippen molar-refractivity contribution in [2.24, 2.45) is 11.7 Å². The SMILES string of the molecule is CC(N)C1CCN(Cc2noc(C(C)(C)C)n2)CC1.Cl. The van der Waals surface area contributed by atoms with Gasteiger partial charge in [-0.3, -0.25) is 4.90 Å². The van der Waals surface area contributed by atoms with Crippen LogP contribution in [0.5, 0.6) is 0 Å². The van der Waals surface area contributed by atoms with Crippen molar-refractivity contribution in [3.05, 3.63) is 11.7 Å². The first kappa shape index (κ1) is 17.4. The Hall–Kier alpha value is -0.650. The van der Waals surface area contributed by atoms with Crippen LogP contribution in [0.1, 0.15) is 52.3 Å². The van der Waals surface area contributed by atoms with Gasteiger partial charge < -0.3 is 10.3 Å². The normalized spacial score (nSPS) is 19.6. The highest BCUT2D eigenvalue weighted by molar-refractivity contribution is 5.85. The molecule has 6 heteroatoms. The molecule has 0 spiro atoms. The molecule has 1 aliphatic rings. The van der Waals surface area contributed by atoms with Gasteiger partial charge in [0, 0.05) is 11.5 Å². The van der Waals surface area contributed by atoms with E-state index in [-0.39, 0.29) is 17.8 Å². The predicted octanol–water partition coefficient (Wildman–Crippen LogP) is 2.35. The van der Waals surface area contributed by atoms with Crippen LogP contribution in [-0.2, 0) is 12.0 Å². The number of halogens is 1. The first-order valence-electron chi connectivity index (χ1n) is 7.17. The molecule has 0 saturated carbocycles. The Labute approximate surface area is 127 Å². The maximum atomic E-state index is 5.96. The van der Waals surface area contributed by atoms with Gasteiger partial charge in [-0.2, -0.15) is 4.98 Å². The van der Waals surface area contributed by atoms with E-state index in [4.69, 9.17) is 10.3 Å². The van der Waals surface area contributed by atoms with E-state index in [1.54, 1.807) is 0 Å². The second kappa shape index (κ2) is 6.87. The molecule has 5 nitrogen and oxygen atoms in total. The summed E-state index contributed by atoms with van der Waals surface area (Å²) in [6.07, 6.45) is 2.34. The number of nitrogens with zero attached hydrogens (tertiary/aromatic N) is 3. The summed E-state index contributed by atoms with van der Waals surface area (Å²) in [5, 5.41) is 4.08. The molecule has 0 amide bonds. The Morgan fingerprint density at radius 3 is 2.40 bits per heavy atom. The highest BCUT2D eigenvalue weighted by Gasteiger charge is 2.25. The third-order valence-corrected chi connectivity index (χ3v) is 3.85. The van der Waals surface area contributed by atoms with Gasteiger partial charge in [-0.25, -0.2) is 0 Å². The highest BCUT2D eigenvalue weighted by atomic mass is 35.5. The Morgan fingerprint density at radius 1 is 1.35 bits per heavy atom. The van der Waals surface area contributed by atoms with Crippen molar-refractivity contribution < 1.29 is 4.52 Å². The van der Waals surface area contributed by atoms with Gasteiger partial charge in [0.1, 0.15) is 0 Å². The molecule has 1 fully saturated rings. The molecule has 1 aromatic rings. The van der Waals surface area contributed by atoms with Crippen LogP contribution in [0, 0.1) is 5.92 Å². The maximum Gasteiger partial charge on any atom is 0.232 e. The van der Waals surface area contributed by atoms with E-state index in [1.807, 2.05) is 0 Å². The third kappa shape index (κ3) is 4.43. The molecule has 0 radical (unpaired) electrons. The number of piperidine rings is 1. The summed E-state index contributed by atoms with van der Waals surface area (Å²) in [6.45, 7) is 11.3. The minimum Gasteiger partial charge on any atom is -0.339 e. The molecular formula is C14H27ClN4O. The van der Waals surface area contributed by atoms with Crippen LogP contribution in [-0.4, -0.2) is 34.2 Å². The van der Waals surface area contributed by atoms with E-state index in [0.29, 0.717) is 17.9 Å². The highest BCUT2D eigenvalue weighted by Crippen LogP contribution is 2.22. The largest absolute Gasteiger partial charge is 0.339 e. The Bertz CT molecular complexity index is 406. The molecule has 0 aromatic carbocycles. The molecule has 116 valence electrons. The summed E-state index contributed by atoms with van der Waals surface area (Å²) >= 11 is 0. The van der Waals surface area contributed by atoms with Gasteiger partial charge >= 0.3 is 0 Å². The van der Waals surface area contributed by atoms with Gasteiger partial charge in [0.2, 0.25) is 5.89 Å². The van der Waals surface area contributed by atoms with Crippen molar-refractivity contribution in [1.82, 2.24) is 15.0 Å². The summed E-state index contributed by atoms with van der Waals surface area (Å²) < 4.78 is 5.32. The van der Waals surface area contributed by atoms with E-state index in [0.717, 1.165) is 25.5 Å². The summed E-state index contributed by atoms with van der Waals surface area (Å²) in [6, 6.07) is 0.305. The lowest BCUT2D eigenvalue weighted by atomic mass is 9.91. The number of hydrogen-bond donors (Lipinski definition) is 1. The number of likely N-dealkylation sites (tertiary alicyclic amines) is 1. The zero-order valence-corrected chi connectivity index (χ0v) is 13.7. The second-order valence-electron chi connectivity index (χ2n) is 6.74. The average Bonchev–Trinajstić information content (AvgIpc) is 2.78. The molecule has 1 aliphatic heterocycles. The third-order valence-electron chi connectivity index (χ3n) is 3.85. The zero-order chi connectivity index (χ0) is 14.0. The van der Waals surface area contributed by atoms with Crippen molar-refractivity contribution in [3.8, 4) is 0 Å². The van der Waals surface area contributed by atoms with Crippen LogP contribution < -0.4 is 5.73 Å². The van der Waals surface area contributed by atoms with E-state index in [2.05, 4.69) is 42.7 Å². The van der Waals surface area contributed by atoms with Crippen LogP contribution in [0.4, 0.5) is 0 Å². The lowest BCUT2D eigenvalue weighted by Crippen LogP contribution is -2.39. The fourth-order valence-corrected chi connectivity index (χ4v) is 2.46. The van der Waals surface area contributed by atoms with Gasteiger partial charge in [-0.05, 0) is 38.8 Å². The number of rotatable bonds is 3. The van der Waals surface area contributed by atoms with Crippen molar-refractivity contribution in [2.45, 2.75) is 58.5 Å². The molecule has 2 N–H and O–H groups in total. The monoisotopic (exact) mass is 302 g/mol. The lowest BCUT2D eigenvalue weighted by molar-refractivity contribution is 0.161. The lowest BCUT2D eigenvalue weighted by Gasteiger charge is -2.32. The Kier molecular flexibility index (Phi) is 5.98. The molecule has 20 heavy (non-hydrogen) atoms. The van der Waals surface area contributed by atoms with Crippen molar-refractivity contribution >= 4 is 12.4 Å². The van der Waals surface area contributed by atoms with E-state index in [9.17, 15) is 0 Å². The van der Waals surface area contributed by atoms with Gasteiger partial charge in [-0.1, -0.05) is 25.9 Å². The van der Waals surface area contributed by atoms with E-state index < -0.39 is 0 Å². The minimum atomic E-state index is -0.0762. The standard InChI is InChI=1S/C14H26N4O.ClH/c1-10(15)11-5-7-18(8-6-11)9-12-16-13(19-17-12)14(2,3)4;/h10-11H,5-9,15H2,1-4H3;1H. The maximum absolute atomic E-state index is 5.96. The van der Waals surface area contributed by atoms with Gasteiger partial charge in [-0.15, -0.1) is 12.4 Å². The molecule has 1 aromatic heterocycles. The van der Waals surface area contributed by atoms with Crippen molar-refractivity contribution in [2.75, 3.05) is 13.1 Å². The summed E-state index contributed by atoms with van der Waals surface area (Å²) in [5.74, 6) is 2.17. The van der Waals surface area contributed by atoms with Crippen LogP contribution >= 0.6 is 12.4 Å². The number of aromatic nitrogens is 2. The first-order chi connectivity index (χ1) is 8.86. The van der Waals surface area contributed by atoms with Crippen LogP contribution in [0.15, 0.2) is 4.52 Å². The van der Waals surface area contributed by atoms with Crippen molar-refractivity contribution in [3.63, 3.8) is 0 Å². The van der Waals surface area contributed by atoms with E-state index in [1.165, 1.54) is 12.8 Å². The summed E-state index contributed by atoms with van der Waals surface area (Å²) in [7, 11) is 0. The second-order valence-corrected chi connectivity index (χ2v) is 6.74. The van der Waals surface area contributed by atoms with Crippen LogP contribution in [0.3, 0.4) is 0 Å². The van der Waals surface area contributed by atoms with Crippen molar-refractivity contribution in [1.29, 1.82) is 0 Å². The number of nitrogens with two attached hydrogens (primary N) is 1. The minimum absolute atomic E-state index is 0. The molecule has 0 aliphatic carbocycles. The molecule has 2 rings (SSSR count). The molecule has 2 heterocycles. The van der Waals surface area contributed by atoms with Gasteiger partial charge in [0.05, 0.1) is 6.54 Å². The Balaban J connectivity index is 0.00000200. The zero-order valence-electron chi connectivity index (χ0n) is 12.9. The van der Waals surface area contributed by atoms with Crippen LogP contribution in [0.2, 0.25) is 0 Å². The van der Waals surface area contributed by atoms with E-state index >= 15 is 0 Å². The Morgan fingerprint density at radius 2 is 1.95 bits per heavy atom. The quantitative estimate of drug-likeness (QED) is 0.928. The van der Waals surface area contributed by atoms with Gasteiger partial charge in [0.15, 0.2) is 5.82 Å². The summed E-state index contributed by atoms with van der Waals surface area (Å²) in [4.78, 5) is 6.87. The summed E-state index contributed by atoms with van der Waals surface area (Å²) in [5.41, 5.74) is 5.88. The predicted molar refractivity (Wildman–Crippen MR) is 81.9 cm³/mol. The topological polar surface area (TPSA) is 68.2 Å².